The van der Waals surface area contributed by atoms with Gasteiger partial charge in [0.15, 0.2) is 0 Å². The van der Waals surface area contributed by atoms with Gasteiger partial charge in [-0.3, -0.25) is 4.68 Å². The first-order chi connectivity index (χ1) is 9.07. The fourth-order valence-corrected chi connectivity index (χ4v) is 3.22. The molecule has 0 bridgehead atoms. The second-order valence-corrected chi connectivity index (χ2v) is 5.72. The number of nitrogens with zero attached hydrogens (tertiary/aromatic N) is 3. The van der Waals surface area contributed by atoms with E-state index < -0.39 is 11.7 Å². The van der Waals surface area contributed by atoms with Crippen molar-refractivity contribution in [3.05, 3.63) is 12.2 Å². The zero-order valence-corrected chi connectivity index (χ0v) is 12.2. The molecular weight excluding hydrogens is 242 g/mol. The molecule has 3 unspecified atom stereocenters. The van der Waals surface area contributed by atoms with Gasteiger partial charge in [0.05, 0.1) is 11.7 Å². The van der Waals surface area contributed by atoms with Crippen molar-refractivity contribution in [1.29, 1.82) is 0 Å². The Morgan fingerprint density at radius 3 is 3.00 bits per heavy atom. The van der Waals surface area contributed by atoms with Crippen LogP contribution in [0.2, 0.25) is 0 Å². The molecule has 19 heavy (non-hydrogen) atoms. The molecule has 1 aliphatic rings. The van der Waals surface area contributed by atoms with Gasteiger partial charge in [-0.25, -0.2) is 4.98 Å². The molecule has 1 saturated carbocycles. The number of hydrogen-bond donors (Lipinski definition) is 1. The molecule has 5 nitrogen and oxygen atoms in total. The standard InChI is InChI=1S/C14H25N3O2/c1-4-19-14(7-5-6-11(2)9-14)12(18)8-13-15-10-16-17(13)3/h10-12,18H,4-9H2,1-3H3. The second kappa shape index (κ2) is 6.01. The van der Waals surface area contributed by atoms with Crippen LogP contribution in [0.1, 0.15) is 45.4 Å². The zero-order chi connectivity index (χ0) is 13.9. The summed E-state index contributed by atoms with van der Waals surface area (Å²) in [5.74, 6) is 1.42. The van der Waals surface area contributed by atoms with Crippen molar-refractivity contribution in [2.45, 2.75) is 57.7 Å². The van der Waals surface area contributed by atoms with Gasteiger partial charge >= 0.3 is 0 Å². The van der Waals surface area contributed by atoms with Crippen LogP contribution in [0, 0.1) is 5.92 Å². The topological polar surface area (TPSA) is 60.2 Å². The predicted molar refractivity (Wildman–Crippen MR) is 72.7 cm³/mol. The van der Waals surface area contributed by atoms with Crippen molar-refractivity contribution in [3.63, 3.8) is 0 Å². The number of rotatable bonds is 5. The molecule has 1 N–H and O–H groups in total. The lowest BCUT2D eigenvalue weighted by Crippen LogP contribution is -2.49. The minimum Gasteiger partial charge on any atom is -0.390 e. The van der Waals surface area contributed by atoms with Crippen LogP contribution >= 0.6 is 0 Å². The molecule has 0 aromatic carbocycles. The normalized spacial score (nSPS) is 29.4. The van der Waals surface area contributed by atoms with E-state index in [1.807, 2.05) is 14.0 Å². The van der Waals surface area contributed by atoms with Crippen molar-refractivity contribution in [1.82, 2.24) is 14.8 Å². The van der Waals surface area contributed by atoms with Crippen LogP contribution in [-0.4, -0.2) is 38.2 Å². The highest BCUT2D eigenvalue weighted by Crippen LogP contribution is 2.38. The van der Waals surface area contributed by atoms with E-state index in [2.05, 4.69) is 17.0 Å². The van der Waals surface area contributed by atoms with Gasteiger partial charge in [-0.2, -0.15) is 5.10 Å². The number of aryl methyl sites for hydroxylation is 1. The summed E-state index contributed by atoms with van der Waals surface area (Å²) in [4.78, 5) is 4.20. The van der Waals surface area contributed by atoms with Crippen molar-refractivity contribution < 1.29 is 9.84 Å². The van der Waals surface area contributed by atoms with Crippen LogP contribution in [0.15, 0.2) is 6.33 Å². The Morgan fingerprint density at radius 2 is 2.42 bits per heavy atom. The summed E-state index contributed by atoms with van der Waals surface area (Å²) in [6, 6.07) is 0. The fraction of sp³-hybridized carbons (Fsp3) is 0.857. The minimum absolute atomic E-state index is 0.404. The average molecular weight is 267 g/mol. The Kier molecular flexibility index (Phi) is 4.58. The molecule has 0 saturated heterocycles. The molecule has 3 atom stereocenters. The first-order valence-electron chi connectivity index (χ1n) is 7.22. The van der Waals surface area contributed by atoms with E-state index in [4.69, 9.17) is 4.74 Å². The Bertz CT molecular complexity index is 403. The van der Waals surface area contributed by atoms with E-state index in [1.54, 1.807) is 4.68 Å². The largest absolute Gasteiger partial charge is 0.390 e. The molecule has 1 aromatic rings. The SMILES string of the molecule is CCOC1(C(O)Cc2ncnn2C)CCCC(C)C1. The van der Waals surface area contributed by atoms with Gasteiger partial charge in [-0.1, -0.05) is 19.8 Å². The first kappa shape index (κ1) is 14.5. The number of ether oxygens (including phenoxy) is 1. The van der Waals surface area contributed by atoms with Crippen molar-refractivity contribution >= 4 is 0 Å². The summed E-state index contributed by atoms with van der Waals surface area (Å²) in [5, 5.41) is 14.7. The molecule has 0 spiro atoms. The minimum atomic E-state index is -0.516. The van der Waals surface area contributed by atoms with Crippen LogP contribution in [0.4, 0.5) is 0 Å². The highest BCUT2D eigenvalue weighted by atomic mass is 16.5. The third-order valence-corrected chi connectivity index (χ3v) is 4.21. The van der Waals surface area contributed by atoms with Gasteiger partial charge in [0.1, 0.15) is 12.2 Å². The summed E-state index contributed by atoms with van der Waals surface area (Å²) in [5.41, 5.74) is -0.404. The van der Waals surface area contributed by atoms with Crippen LogP contribution < -0.4 is 0 Å². The molecule has 2 rings (SSSR count). The van der Waals surface area contributed by atoms with Gasteiger partial charge in [-0.15, -0.1) is 0 Å². The molecule has 0 aliphatic heterocycles. The smallest absolute Gasteiger partial charge is 0.138 e. The van der Waals surface area contributed by atoms with E-state index in [0.29, 0.717) is 18.9 Å². The van der Waals surface area contributed by atoms with Gasteiger partial charge in [0.25, 0.3) is 0 Å². The Morgan fingerprint density at radius 1 is 1.63 bits per heavy atom. The first-order valence-corrected chi connectivity index (χ1v) is 7.22. The fourth-order valence-electron chi connectivity index (χ4n) is 3.22. The Hall–Kier alpha value is -0.940. The lowest BCUT2D eigenvalue weighted by atomic mass is 9.74. The van der Waals surface area contributed by atoms with Crippen molar-refractivity contribution in [2.75, 3.05) is 6.61 Å². The quantitative estimate of drug-likeness (QED) is 0.882. The lowest BCUT2D eigenvalue weighted by molar-refractivity contribution is -0.147. The number of aliphatic hydroxyl groups excluding tert-OH is 1. The van der Waals surface area contributed by atoms with Crippen LogP contribution in [0.3, 0.4) is 0 Å². The Labute approximate surface area is 115 Å². The molecule has 1 aliphatic carbocycles. The average Bonchev–Trinajstić information content (AvgIpc) is 2.75. The second-order valence-electron chi connectivity index (χ2n) is 5.72. The van der Waals surface area contributed by atoms with E-state index in [9.17, 15) is 5.11 Å². The van der Waals surface area contributed by atoms with Crippen molar-refractivity contribution in [3.8, 4) is 0 Å². The molecule has 1 heterocycles. The monoisotopic (exact) mass is 267 g/mol. The summed E-state index contributed by atoms with van der Waals surface area (Å²) < 4.78 is 7.70. The highest BCUT2D eigenvalue weighted by molar-refractivity contribution is 4.98. The predicted octanol–water partition coefficient (Wildman–Crippen LogP) is 1.70. The van der Waals surface area contributed by atoms with Crippen molar-refractivity contribution in [2.24, 2.45) is 13.0 Å². The summed E-state index contributed by atoms with van der Waals surface area (Å²) in [6.45, 7) is 4.88. The van der Waals surface area contributed by atoms with E-state index >= 15 is 0 Å². The third kappa shape index (κ3) is 3.15. The molecule has 0 amide bonds. The van der Waals surface area contributed by atoms with Gasteiger partial charge < -0.3 is 9.84 Å². The number of hydrogen-bond acceptors (Lipinski definition) is 4. The summed E-state index contributed by atoms with van der Waals surface area (Å²) in [6.07, 6.45) is 5.73. The Balaban J connectivity index is 2.11. The van der Waals surface area contributed by atoms with E-state index in [0.717, 1.165) is 25.1 Å². The molecule has 0 radical (unpaired) electrons. The van der Waals surface area contributed by atoms with Crippen LogP contribution in [0.5, 0.6) is 0 Å². The van der Waals surface area contributed by atoms with Crippen LogP contribution in [-0.2, 0) is 18.2 Å². The maximum absolute atomic E-state index is 10.7. The van der Waals surface area contributed by atoms with E-state index in [-0.39, 0.29) is 0 Å². The molecule has 1 fully saturated rings. The van der Waals surface area contributed by atoms with Crippen LogP contribution in [0.25, 0.3) is 0 Å². The maximum atomic E-state index is 10.7. The van der Waals surface area contributed by atoms with E-state index in [1.165, 1.54) is 12.7 Å². The van der Waals surface area contributed by atoms with Gasteiger partial charge in [0, 0.05) is 20.1 Å². The maximum Gasteiger partial charge on any atom is 0.138 e. The van der Waals surface area contributed by atoms with Gasteiger partial charge in [-0.05, 0) is 25.7 Å². The number of aromatic nitrogens is 3. The summed E-state index contributed by atoms with van der Waals surface area (Å²) in [7, 11) is 1.85. The van der Waals surface area contributed by atoms with Gasteiger partial charge in [0.2, 0.25) is 0 Å². The molecule has 108 valence electrons. The highest BCUT2D eigenvalue weighted by Gasteiger charge is 2.42. The zero-order valence-electron chi connectivity index (χ0n) is 12.2. The molecular formula is C14H25N3O2. The lowest BCUT2D eigenvalue weighted by Gasteiger charge is -2.43. The molecule has 1 aromatic heterocycles. The number of aliphatic hydroxyl groups is 1. The summed E-state index contributed by atoms with van der Waals surface area (Å²) >= 11 is 0. The molecule has 5 heteroatoms. The third-order valence-electron chi connectivity index (χ3n) is 4.21.